The van der Waals surface area contributed by atoms with E-state index in [1.165, 1.54) is 10.4 Å². The number of H-pyrrole nitrogens is 1. The summed E-state index contributed by atoms with van der Waals surface area (Å²) in [5.41, 5.74) is 2.72. The first kappa shape index (κ1) is 26.2. The van der Waals surface area contributed by atoms with Crippen molar-refractivity contribution in [2.45, 2.75) is 68.8 Å². The molecule has 2 aliphatic rings. The Morgan fingerprint density at radius 2 is 1.92 bits per heavy atom. The molecule has 198 valence electrons. The highest BCUT2D eigenvalue weighted by Crippen LogP contribution is 2.49. The van der Waals surface area contributed by atoms with Gasteiger partial charge in [0.2, 0.25) is 15.9 Å². The second-order valence-corrected chi connectivity index (χ2v) is 12.7. The number of halogens is 3. The molecule has 1 aromatic heterocycles. The van der Waals surface area contributed by atoms with Crippen molar-refractivity contribution >= 4 is 38.9 Å². The van der Waals surface area contributed by atoms with Gasteiger partial charge in [0.25, 0.3) is 0 Å². The highest BCUT2D eigenvalue weighted by molar-refractivity contribution is 7.89. The van der Waals surface area contributed by atoms with E-state index in [2.05, 4.69) is 10.2 Å². The maximum absolute atomic E-state index is 15.3. The molecule has 0 bridgehead atoms. The van der Waals surface area contributed by atoms with Crippen LogP contribution in [0.4, 0.5) is 10.1 Å². The number of alkyl halides is 1. The van der Waals surface area contributed by atoms with E-state index in [4.69, 9.17) is 27.6 Å². The third kappa shape index (κ3) is 4.47. The number of aryl methyl sites for hydroxylation is 1. The summed E-state index contributed by atoms with van der Waals surface area (Å²) >= 11 is 12.8. The van der Waals surface area contributed by atoms with Crippen molar-refractivity contribution in [3.05, 3.63) is 73.8 Å². The molecule has 12 heteroatoms. The van der Waals surface area contributed by atoms with Gasteiger partial charge in [0, 0.05) is 17.0 Å². The number of fused-ring (bicyclic) bond motifs is 1. The van der Waals surface area contributed by atoms with E-state index in [1.807, 2.05) is 11.8 Å². The van der Waals surface area contributed by atoms with Crippen LogP contribution < -0.4 is 10.7 Å². The SMILES string of the molecule is Cc1ccc(F)c([C@@H](C)[C@@H](c2n[nH]c(=O)o2)N2CN(C3CC3)c3cc(Cl)cc(C(C)Cl)c3S2(=O)=O)c1C. The first-order valence-electron chi connectivity index (χ1n) is 12.0. The number of aromatic amines is 1. The van der Waals surface area contributed by atoms with E-state index < -0.39 is 38.9 Å². The van der Waals surface area contributed by atoms with Gasteiger partial charge >= 0.3 is 5.76 Å². The van der Waals surface area contributed by atoms with Crippen LogP contribution in [0.1, 0.15) is 72.2 Å². The summed E-state index contributed by atoms with van der Waals surface area (Å²) in [5.74, 6) is -2.21. The standard InChI is InChI=1S/C25H27Cl2FN4O4S/c1-12-5-8-19(28)21(13(12)2)14(3)22(24-29-30-25(33)36-24)32-11-31(17-6-7-17)20-10-16(27)9-18(15(4)26)23(20)37(32,34)35/h5,8-10,14-15,17,22H,6-7,11H2,1-4H3,(H,30,33)/t14-,15?,22+/m1/s1. The lowest BCUT2D eigenvalue weighted by atomic mass is 9.87. The molecule has 3 atom stereocenters. The normalized spacial score (nSPS) is 19.9. The number of anilines is 1. The smallest absolute Gasteiger partial charge is 0.391 e. The Morgan fingerprint density at radius 1 is 1.22 bits per heavy atom. The molecule has 1 fully saturated rings. The maximum Gasteiger partial charge on any atom is 0.434 e. The molecule has 0 saturated heterocycles. The van der Waals surface area contributed by atoms with Crippen LogP contribution in [-0.4, -0.2) is 35.6 Å². The summed E-state index contributed by atoms with van der Waals surface area (Å²) in [5, 5.41) is 5.96. The molecule has 0 amide bonds. The van der Waals surface area contributed by atoms with E-state index in [-0.39, 0.29) is 23.5 Å². The van der Waals surface area contributed by atoms with Crippen molar-refractivity contribution in [1.29, 1.82) is 0 Å². The Bertz CT molecular complexity index is 1530. The average Bonchev–Trinajstić information content (AvgIpc) is 3.58. The van der Waals surface area contributed by atoms with Gasteiger partial charge in [0.05, 0.1) is 17.7 Å². The van der Waals surface area contributed by atoms with Crippen molar-refractivity contribution in [2.75, 3.05) is 11.6 Å². The minimum absolute atomic E-state index is 0.0471. The number of rotatable bonds is 6. The average molecular weight is 569 g/mol. The number of nitrogens with zero attached hydrogens (tertiary/aromatic N) is 3. The highest BCUT2D eigenvalue weighted by Gasteiger charge is 2.49. The van der Waals surface area contributed by atoms with Crippen LogP contribution in [0.5, 0.6) is 0 Å². The third-order valence-corrected chi connectivity index (χ3v) is 9.70. The molecule has 2 aromatic carbocycles. The summed E-state index contributed by atoms with van der Waals surface area (Å²) in [6, 6.07) is 5.21. The van der Waals surface area contributed by atoms with Gasteiger partial charge < -0.3 is 9.32 Å². The molecule has 1 unspecified atom stereocenters. The van der Waals surface area contributed by atoms with Gasteiger partial charge in [-0.05, 0) is 74.1 Å². The zero-order chi connectivity index (χ0) is 26.8. The van der Waals surface area contributed by atoms with Crippen LogP contribution in [0, 0.1) is 19.7 Å². The Hall–Kier alpha value is -2.40. The number of sulfonamides is 1. The zero-order valence-electron chi connectivity index (χ0n) is 20.8. The van der Waals surface area contributed by atoms with Crippen LogP contribution in [0.25, 0.3) is 0 Å². The van der Waals surface area contributed by atoms with Gasteiger partial charge in [-0.2, -0.15) is 4.31 Å². The van der Waals surface area contributed by atoms with E-state index >= 15 is 4.39 Å². The highest BCUT2D eigenvalue weighted by atomic mass is 35.5. The van der Waals surface area contributed by atoms with Gasteiger partial charge in [-0.25, -0.2) is 22.7 Å². The van der Waals surface area contributed by atoms with Gasteiger partial charge in [0.15, 0.2) is 0 Å². The summed E-state index contributed by atoms with van der Waals surface area (Å²) < 4.78 is 50.6. The number of benzene rings is 2. The summed E-state index contributed by atoms with van der Waals surface area (Å²) in [6.45, 7) is 6.99. The van der Waals surface area contributed by atoms with Gasteiger partial charge in [0.1, 0.15) is 16.8 Å². The maximum atomic E-state index is 15.3. The summed E-state index contributed by atoms with van der Waals surface area (Å²) in [6.07, 6.45) is 1.77. The Labute approximate surface area is 224 Å². The van der Waals surface area contributed by atoms with Crippen LogP contribution in [-0.2, 0) is 10.0 Å². The van der Waals surface area contributed by atoms with Crippen LogP contribution in [0.2, 0.25) is 5.02 Å². The van der Waals surface area contributed by atoms with E-state index in [9.17, 15) is 13.2 Å². The molecule has 1 aliphatic heterocycles. The fraction of sp³-hybridized carbons (Fsp3) is 0.440. The molecule has 3 aromatic rings. The molecule has 5 rings (SSSR count). The van der Waals surface area contributed by atoms with E-state index in [1.54, 1.807) is 39.0 Å². The van der Waals surface area contributed by atoms with Gasteiger partial charge in [-0.1, -0.05) is 24.6 Å². The fourth-order valence-electron chi connectivity index (χ4n) is 5.22. The van der Waals surface area contributed by atoms with E-state index in [0.29, 0.717) is 27.4 Å². The second-order valence-electron chi connectivity index (χ2n) is 9.78. The molecule has 0 radical (unpaired) electrons. The largest absolute Gasteiger partial charge is 0.434 e. The van der Waals surface area contributed by atoms with Crippen molar-refractivity contribution in [3.63, 3.8) is 0 Å². The zero-order valence-corrected chi connectivity index (χ0v) is 23.1. The van der Waals surface area contributed by atoms with Crippen molar-refractivity contribution < 1.29 is 17.2 Å². The molecule has 1 N–H and O–H groups in total. The Morgan fingerprint density at radius 3 is 2.51 bits per heavy atom. The predicted molar refractivity (Wildman–Crippen MR) is 139 cm³/mol. The van der Waals surface area contributed by atoms with Crippen molar-refractivity contribution in [1.82, 2.24) is 14.5 Å². The van der Waals surface area contributed by atoms with Crippen LogP contribution in [0.3, 0.4) is 0 Å². The lowest BCUT2D eigenvalue weighted by Crippen LogP contribution is -2.50. The minimum atomic E-state index is -4.23. The monoisotopic (exact) mass is 568 g/mol. The third-order valence-electron chi connectivity index (χ3n) is 7.33. The first-order chi connectivity index (χ1) is 17.4. The molecule has 0 spiro atoms. The van der Waals surface area contributed by atoms with Crippen LogP contribution in [0.15, 0.2) is 38.4 Å². The number of hydrogen-bond acceptors (Lipinski definition) is 6. The lowest BCUT2D eigenvalue weighted by molar-refractivity contribution is 0.234. The van der Waals surface area contributed by atoms with Crippen LogP contribution >= 0.6 is 23.2 Å². The number of hydrogen-bond donors (Lipinski definition) is 1. The first-order valence-corrected chi connectivity index (χ1v) is 14.2. The van der Waals surface area contributed by atoms with Gasteiger partial charge in [-0.3, -0.25) is 0 Å². The lowest BCUT2D eigenvalue weighted by Gasteiger charge is -2.43. The molecular formula is C25H27Cl2FN4O4S. The summed E-state index contributed by atoms with van der Waals surface area (Å²) in [7, 11) is -4.23. The quantitative estimate of drug-likeness (QED) is 0.391. The second kappa shape index (κ2) is 9.41. The number of aromatic nitrogens is 2. The topological polar surface area (TPSA) is 99.5 Å². The summed E-state index contributed by atoms with van der Waals surface area (Å²) in [4.78, 5) is 14.0. The molecule has 1 aliphatic carbocycles. The van der Waals surface area contributed by atoms with Crippen molar-refractivity contribution in [2.24, 2.45) is 0 Å². The molecule has 37 heavy (non-hydrogen) atoms. The molecular weight excluding hydrogens is 542 g/mol. The Kier molecular flexibility index (Phi) is 6.67. The van der Waals surface area contributed by atoms with Gasteiger partial charge in [-0.15, -0.1) is 16.7 Å². The fourth-order valence-corrected chi connectivity index (χ4v) is 7.74. The van der Waals surface area contributed by atoms with E-state index in [0.717, 1.165) is 18.4 Å². The predicted octanol–water partition coefficient (Wildman–Crippen LogP) is 5.55. The number of nitrogens with one attached hydrogen (secondary N) is 1. The molecule has 2 heterocycles. The molecule has 8 nitrogen and oxygen atoms in total. The Balaban J connectivity index is 1.75. The molecule has 1 saturated carbocycles. The van der Waals surface area contributed by atoms with Crippen molar-refractivity contribution in [3.8, 4) is 0 Å². The minimum Gasteiger partial charge on any atom is -0.391 e.